The third-order valence-electron chi connectivity index (χ3n) is 7.01. The SMILES string of the molecule is O=C(c1ccc(Cl)cc1Cl)[C@@H]1[C@@H]2C(=O)N(c3ccc(Cl)cc3)C(=O)[C@@H]2[C@H]2c3ccccc3C=CN12. The van der Waals surface area contributed by atoms with Crippen LogP contribution in [0, 0.1) is 11.8 Å². The van der Waals surface area contributed by atoms with Crippen molar-refractivity contribution in [3.8, 4) is 0 Å². The lowest BCUT2D eigenvalue weighted by molar-refractivity contribution is -0.123. The Kier molecular flexibility index (Phi) is 5.26. The number of amides is 2. The van der Waals surface area contributed by atoms with Gasteiger partial charge >= 0.3 is 0 Å². The molecule has 0 saturated carbocycles. The number of hydrogen-bond acceptors (Lipinski definition) is 4. The van der Waals surface area contributed by atoms with Crippen LogP contribution in [0.3, 0.4) is 0 Å². The summed E-state index contributed by atoms with van der Waals surface area (Å²) in [7, 11) is 0. The summed E-state index contributed by atoms with van der Waals surface area (Å²) in [6, 6.07) is 17.6. The minimum absolute atomic E-state index is 0.204. The molecule has 35 heavy (non-hydrogen) atoms. The zero-order chi connectivity index (χ0) is 24.4. The van der Waals surface area contributed by atoms with Crippen LogP contribution >= 0.6 is 34.8 Å². The second-order valence-corrected chi connectivity index (χ2v) is 10.1. The summed E-state index contributed by atoms with van der Waals surface area (Å²) in [6.45, 7) is 0. The molecule has 8 heteroatoms. The van der Waals surface area contributed by atoms with Crippen molar-refractivity contribution in [3.05, 3.63) is 105 Å². The van der Waals surface area contributed by atoms with E-state index in [-0.39, 0.29) is 22.3 Å². The summed E-state index contributed by atoms with van der Waals surface area (Å²) < 4.78 is 0. The molecule has 0 aromatic heterocycles. The molecule has 174 valence electrons. The third-order valence-corrected chi connectivity index (χ3v) is 7.81. The number of nitrogens with zero attached hydrogens (tertiary/aromatic N) is 2. The summed E-state index contributed by atoms with van der Waals surface area (Å²) in [5.74, 6) is -2.68. The van der Waals surface area contributed by atoms with Crippen molar-refractivity contribution in [2.75, 3.05) is 4.90 Å². The largest absolute Gasteiger partial charge is 0.358 e. The molecule has 0 aliphatic carbocycles. The van der Waals surface area contributed by atoms with Gasteiger partial charge in [0.15, 0.2) is 5.78 Å². The Bertz CT molecular complexity index is 1440. The topological polar surface area (TPSA) is 57.7 Å². The molecule has 0 spiro atoms. The molecule has 6 rings (SSSR count). The molecule has 2 saturated heterocycles. The average molecular weight is 524 g/mol. The van der Waals surface area contributed by atoms with Gasteiger partial charge in [-0.2, -0.15) is 0 Å². The standard InChI is InChI=1S/C27H17Cl3N2O3/c28-15-5-8-17(9-6-15)32-26(34)21-22(27(32)35)24(25(33)19-10-7-16(29)13-20(19)30)31-12-11-14-3-1-2-4-18(14)23(21)31/h1-13,21-24H/t21-,22+,23+,24-/m0/s1. The van der Waals surface area contributed by atoms with E-state index in [1.54, 1.807) is 36.4 Å². The van der Waals surface area contributed by atoms with E-state index in [9.17, 15) is 14.4 Å². The summed E-state index contributed by atoms with van der Waals surface area (Å²) in [4.78, 5) is 44.6. The highest BCUT2D eigenvalue weighted by Gasteiger charge is 2.64. The van der Waals surface area contributed by atoms with Gasteiger partial charge in [-0.15, -0.1) is 0 Å². The number of imide groups is 1. The number of benzene rings is 3. The molecule has 5 nitrogen and oxygen atoms in total. The summed E-state index contributed by atoms with van der Waals surface area (Å²) in [6.07, 6.45) is 3.72. The van der Waals surface area contributed by atoms with Crippen LogP contribution in [0.4, 0.5) is 5.69 Å². The highest BCUT2D eigenvalue weighted by molar-refractivity contribution is 6.37. The second kappa shape index (κ2) is 8.23. The van der Waals surface area contributed by atoms with Crippen molar-refractivity contribution in [2.45, 2.75) is 12.1 Å². The van der Waals surface area contributed by atoms with Gasteiger partial charge in [-0.05, 0) is 59.7 Å². The van der Waals surface area contributed by atoms with Crippen LogP contribution in [0.1, 0.15) is 27.5 Å². The summed E-state index contributed by atoms with van der Waals surface area (Å²) in [5, 5.41) is 1.10. The summed E-state index contributed by atoms with van der Waals surface area (Å²) >= 11 is 18.5. The Hall–Kier alpha value is -3.12. The van der Waals surface area contributed by atoms with Crippen LogP contribution in [0.15, 0.2) is 72.9 Å². The molecule has 0 bridgehead atoms. The van der Waals surface area contributed by atoms with Gasteiger partial charge in [0.2, 0.25) is 11.8 Å². The van der Waals surface area contributed by atoms with Gasteiger partial charge in [-0.1, -0.05) is 59.1 Å². The Labute approximate surface area is 216 Å². The van der Waals surface area contributed by atoms with Crippen molar-refractivity contribution in [2.24, 2.45) is 11.8 Å². The molecule has 3 aromatic rings. The quantitative estimate of drug-likeness (QED) is 0.310. The van der Waals surface area contributed by atoms with Gasteiger partial charge in [0.05, 0.1) is 28.6 Å². The number of carbonyl (C=O) groups is 3. The van der Waals surface area contributed by atoms with E-state index < -0.39 is 29.8 Å². The molecule has 3 aliphatic rings. The predicted octanol–water partition coefficient (Wildman–Crippen LogP) is 6.05. The number of rotatable bonds is 3. The van der Waals surface area contributed by atoms with Crippen LogP contribution in [0.25, 0.3) is 6.08 Å². The van der Waals surface area contributed by atoms with E-state index in [2.05, 4.69) is 0 Å². The number of Topliss-reactive ketones (excluding diaryl/α,β-unsaturated/α-hetero) is 1. The molecular weight excluding hydrogens is 507 g/mol. The Morgan fingerprint density at radius 3 is 2.23 bits per heavy atom. The van der Waals surface area contributed by atoms with Gasteiger partial charge in [-0.3, -0.25) is 14.4 Å². The van der Waals surface area contributed by atoms with E-state index in [4.69, 9.17) is 34.8 Å². The number of halogens is 3. The number of carbonyl (C=O) groups excluding carboxylic acids is 3. The first-order chi connectivity index (χ1) is 16.9. The molecule has 3 heterocycles. The molecule has 2 amide bonds. The van der Waals surface area contributed by atoms with E-state index in [1.165, 1.54) is 11.0 Å². The first-order valence-corrected chi connectivity index (χ1v) is 12.2. The maximum absolute atomic E-state index is 13.9. The van der Waals surface area contributed by atoms with Crippen molar-refractivity contribution in [3.63, 3.8) is 0 Å². The molecule has 0 unspecified atom stereocenters. The fourth-order valence-corrected chi connectivity index (χ4v) is 6.18. The molecule has 0 N–H and O–H groups in total. The van der Waals surface area contributed by atoms with Crippen LogP contribution in [0.2, 0.25) is 15.1 Å². The smallest absolute Gasteiger partial charge is 0.240 e. The monoisotopic (exact) mass is 522 g/mol. The lowest BCUT2D eigenvalue weighted by Crippen LogP contribution is -2.44. The van der Waals surface area contributed by atoms with Crippen molar-refractivity contribution < 1.29 is 14.4 Å². The minimum Gasteiger partial charge on any atom is -0.358 e. The van der Waals surface area contributed by atoms with Gasteiger partial charge in [0.1, 0.15) is 6.04 Å². The van der Waals surface area contributed by atoms with E-state index in [0.717, 1.165) is 11.1 Å². The maximum Gasteiger partial charge on any atom is 0.240 e. The van der Waals surface area contributed by atoms with Crippen LogP contribution in [-0.2, 0) is 9.59 Å². The predicted molar refractivity (Wildman–Crippen MR) is 136 cm³/mol. The van der Waals surface area contributed by atoms with Gasteiger partial charge in [0.25, 0.3) is 0 Å². The Morgan fingerprint density at radius 2 is 1.49 bits per heavy atom. The number of hydrogen-bond donors (Lipinski definition) is 0. The highest BCUT2D eigenvalue weighted by atomic mass is 35.5. The summed E-state index contributed by atoms with van der Waals surface area (Å²) in [5.41, 5.74) is 2.55. The third kappa shape index (κ3) is 3.33. The van der Waals surface area contributed by atoms with Gasteiger partial charge < -0.3 is 4.90 Å². The number of anilines is 1. The molecule has 3 aromatic carbocycles. The van der Waals surface area contributed by atoms with Crippen LogP contribution in [-0.4, -0.2) is 28.5 Å². The first-order valence-electron chi connectivity index (χ1n) is 11.0. The van der Waals surface area contributed by atoms with E-state index in [1.807, 2.05) is 41.4 Å². The Balaban J connectivity index is 1.50. The van der Waals surface area contributed by atoms with Gasteiger partial charge in [-0.25, -0.2) is 4.90 Å². The number of fused-ring (bicyclic) bond motifs is 5. The van der Waals surface area contributed by atoms with E-state index >= 15 is 0 Å². The van der Waals surface area contributed by atoms with Crippen molar-refractivity contribution in [1.82, 2.24) is 4.90 Å². The van der Waals surface area contributed by atoms with Crippen molar-refractivity contribution >= 4 is 64.2 Å². The van der Waals surface area contributed by atoms with Crippen LogP contribution < -0.4 is 4.90 Å². The van der Waals surface area contributed by atoms with Gasteiger partial charge in [0, 0.05) is 21.8 Å². The highest BCUT2D eigenvalue weighted by Crippen LogP contribution is 2.54. The fraction of sp³-hybridized carbons (Fsp3) is 0.148. The van der Waals surface area contributed by atoms with E-state index in [0.29, 0.717) is 15.7 Å². The lowest BCUT2D eigenvalue weighted by atomic mass is 9.83. The zero-order valence-corrected chi connectivity index (χ0v) is 20.3. The zero-order valence-electron chi connectivity index (χ0n) is 18.1. The first kappa shape index (κ1) is 22.4. The molecule has 0 radical (unpaired) electrons. The minimum atomic E-state index is -0.901. The molecule has 4 atom stereocenters. The molecule has 3 aliphatic heterocycles. The maximum atomic E-state index is 13.9. The second-order valence-electron chi connectivity index (χ2n) is 8.81. The average Bonchev–Trinajstić information content (AvgIpc) is 3.32. The fourth-order valence-electron chi connectivity index (χ4n) is 5.55. The number of ketones is 1. The lowest BCUT2D eigenvalue weighted by Gasteiger charge is -2.35. The van der Waals surface area contributed by atoms with Crippen molar-refractivity contribution in [1.29, 1.82) is 0 Å². The normalized spacial score (nSPS) is 24.4. The van der Waals surface area contributed by atoms with Crippen LogP contribution in [0.5, 0.6) is 0 Å². The Morgan fingerprint density at radius 1 is 0.800 bits per heavy atom. The molecule has 2 fully saturated rings. The molecular formula is C27H17Cl3N2O3.